The molecule has 0 N–H and O–H groups in total. The summed E-state index contributed by atoms with van der Waals surface area (Å²) >= 11 is 0. The maximum atomic E-state index is 0. The van der Waals surface area contributed by atoms with Gasteiger partial charge in [-0.2, -0.15) is 0 Å². The van der Waals surface area contributed by atoms with Crippen LogP contribution in [-0.2, 0) is 117 Å². The molecule has 0 unspecified atom stereocenters. The number of hydrogen-bond acceptors (Lipinski definition) is 0. The molecule has 0 aliphatic carbocycles. The van der Waals surface area contributed by atoms with Gasteiger partial charge in [0.2, 0.25) is 0 Å². The minimum absolute atomic E-state index is 0. The average Bonchev–Trinajstić information content (AvgIpc) is 0. The molecule has 0 amide bonds. The van der Waals surface area contributed by atoms with E-state index in [0.29, 0.717) is 0 Å². The van der Waals surface area contributed by atoms with Crippen LogP contribution in [0, 0.1) is 359 Å². The van der Waals surface area contributed by atoms with E-state index in [0.717, 1.165) is 0 Å². The van der Waals surface area contributed by atoms with Crippen molar-refractivity contribution in [1.82, 2.24) is 0 Å². The average molecular weight is 1830 g/mol. The summed E-state index contributed by atoms with van der Waals surface area (Å²) in [6.45, 7) is 0. The molecule has 0 aromatic heterocycles. The molecule has 0 aliphatic heterocycles. The topological polar surface area (TPSA) is 0 Å². The van der Waals surface area contributed by atoms with Crippen molar-refractivity contribution in [3.05, 3.63) is 0 Å². The van der Waals surface area contributed by atoms with E-state index >= 15 is 0 Å². The van der Waals surface area contributed by atoms with Crippen molar-refractivity contribution in [1.29, 1.82) is 0 Å². The van der Waals surface area contributed by atoms with Crippen LogP contribution in [-0.4, -0.2) is 0 Å². The van der Waals surface area contributed by atoms with Crippen LogP contribution in [0.4, 0.5) is 0 Å². The molecule has 0 saturated carbocycles. The molecule has 0 bridgehead atoms. The predicted molar refractivity (Wildman–Crippen MR) is 0 cm³/mol. The largest absolute Gasteiger partial charge is 0 e. The van der Waals surface area contributed by atoms with Gasteiger partial charge in [0.05, 0.1) is 0 Å². The van der Waals surface area contributed by atoms with Gasteiger partial charge < -0.3 is 0 Å². The zero-order valence-electron chi connectivity index (χ0n) is 5.52. The quantitative estimate of drug-likeness (QED) is 0.321. The molecule has 0 aliphatic rings. The van der Waals surface area contributed by atoms with Crippen molar-refractivity contribution >= 4 is 0 Å². The van der Waals surface area contributed by atoms with E-state index in [-0.39, 0.29) is 477 Å². The van der Waals surface area contributed by atoms with Crippen LogP contribution >= 0.6 is 0 Å². The SMILES string of the molecule is [Co].[Co].[Co].[Co].[Co].[Co].[Co].[Gd].[Gd].[Gd].[Gd].[Gd].[Gd].[Gd].[Gd].[Gd]. The van der Waals surface area contributed by atoms with E-state index in [1.807, 2.05) is 0 Å². The monoisotopic (exact) mass is 1830 g/mol. The van der Waals surface area contributed by atoms with Gasteiger partial charge in [-0.3, -0.25) is 0 Å². The molecule has 0 aromatic carbocycles. The Kier molecular flexibility index (Phi) is 844. The summed E-state index contributed by atoms with van der Waals surface area (Å²) in [5, 5.41) is 0. The summed E-state index contributed by atoms with van der Waals surface area (Å²) in [7, 11) is 0. The molecule has 135 valence electrons. The van der Waals surface area contributed by atoms with Crippen LogP contribution in [0.25, 0.3) is 0 Å². The van der Waals surface area contributed by atoms with E-state index in [2.05, 4.69) is 0 Å². The Hall–Kier alpha value is 15.5. The van der Waals surface area contributed by atoms with Gasteiger partial charge in [-0.25, -0.2) is 0 Å². The third-order valence-electron chi connectivity index (χ3n) is 0. The predicted octanol–water partition coefficient (Wildman–Crippen LogP) is -0.0175. The van der Waals surface area contributed by atoms with E-state index in [9.17, 15) is 0 Å². The van der Waals surface area contributed by atoms with Gasteiger partial charge in [0.25, 0.3) is 0 Å². The van der Waals surface area contributed by atoms with Gasteiger partial charge >= 0.3 is 0 Å². The molecular weight excluding hydrogens is 1830 g/mol. The minimum Gasteiger partial charge on any atom is 0 e. The van der Waals surface area contributed by atoms with E-state index in [1.54, 1.807) is 0 Å². The number of rotatable bonds is 0. The second-order valence-corrected chi connectivity index (χ2v) is 0. The zero-order chi connectivity index (χ0) is 0. The summed E-state index contributed by atoms with van der Waals surface area (Å²) < 4.78 is 0. The molecule has 0 aromatic rings. The third-order valence-corrected chi connectivity index (χ3v) is 0. The Labute approximate surface area is 459 Å². The first-order chi connectivity index (χ1) is 0. The Morgan fingerprint density at radius 1 is 0.125 bits per heavy atom. The van der Waals surface area contributed by atoms with Crippen molar-refractivity contribution in [2.24, 2.45) is 0 Å². The van der Waals surface area contributed by atoms with Gasteiger partial charge in [0.15, 0.2) is 0 Å². The summed E-state index contributed by atoms with van der Waals surface area (Å²) in [6.07, 6.45) is 0. The first-order valence-corrected chi connectivity index (χ1v) is 0. The van der Waals surface area contributed by atoms with Gasteiger partial charge in [-0.15, -0.1) is 0 Å². The summed E-state index contributed by atoms with van der Waals surface area (Å²) in [5.74, 6) is 0. The minimum atomic E-state index is 0. The molecule has 0 saturated heterocycles. The van der Waals surface area contributed by atoms with Crippen LogP contribution in [0.5, 0.6) is 0 Å². The fraction of sp³-hybridized carbons (Fsp3) is 0. The van der Waals surface area contributed by atoms with Crippen LogP contribution < -0.4 is 0 Å². The Morgan fingerprint density at radius 3 is 0.125 bits per heavy atom. The van der Waals surface area contributed by atoms with E-state index in [1.165, 1.54) is 0 Å². The fourth-order valence-corrected chi connectivity index (χ4v) is 0. The molecule has 16 heavy (non-hydrogen) atoms. The fourth-order valence-electron chi connectivity index (χ4n) is 0. The van der Waals surface area contributed by atoms with Gasteiger partial charge in [0, 0.05) is 477 Å². The first kappa shape index (κ1) is 122. The van der Waals surface area contributed by atoms with Crippen molar-refractivity contribution in [3.63, 3.8) is 0 Å². The van der Waals surface area contributed by atoms with E-state index < -0.39 is 0 Å². The maximum absolute atomic E-state index is 0. The molecule has 7 radical (unpaired) electrons. The van der Waals surface area contributed by atoms with E-state index in [4.69, 9.17) is 0 Å². The van der Waals surface area contributed by atoms with Crippen molar-refractivity contribution in [3.8, 4) is 0 Å². The van der Waals surface area contributed by atoms with Crippen LogP contribution in [0.3, 0.4) is 0 Å². The molecule has 0 fully saturated rings. The van der Waals surface area contributed by atoms with Crippen LogP contribution in [0.1, 0.15) is 0 Å². The van der Waals surface area contributed by atoms with Gasteiger partial charge in [-0.05, 0) is 0 Å². The second-order valence-electron chi connectivity index (χ2n) is 0. The molecule has 0 spiro atoms. The smallest absolute Gasteiger partial charge is 0 e. The van der Waals surface area contributed by atoms with Crippen molar-refractivity contribution < 1.29 is 477 Å². The molecule has 0 heterocycles. The molecule has 0 rings (SSSR count). The Morgan fingerprint density at radius 2 is 0.125 bits per heavy atom. The second kappa shape index (κ2) is 111. The zero-order valence-corrected chi connectivity index (χ0v) is 33.2. The summed E-state index contributed by atoms with van der Waals surface area (Å²) in [5.41, 5.74) is 0. The Bertz CT molecular complexity index is 15.8. The molecule has 0 nitrogen and oxygen atoms in total. The maximum Gasteiger partial charge on any atom is 0 e. The van der Waals surface area contributed by atoms with Crippen LogP contribution in [0.2, 0.25) is 0 Å². The third kappa shape index (κ3) is 99.8. The van der Waals surface area contributed by atoms with Crippen molar-refractivity contribution in [2.75, 3.05) is 0 Å². The standard InChI is InChI=1S/7Co.9Gd. The van der Waals surface area contributed by atoms with Crippen molar-refractivity contribution in [2.45, 2.75) is 0 Å². The molecule has 0 atom stereocenters. The Balaban J connectivity index is 0. The van der Waals surface area contributed by atoms with Crippen LogP contribution in [0.15, 0.2) is 0 Å². The van der Waals surface area contributed by atoms with Gasteiger partial charge in [-0.1, -0.05) is 0 Å². The normalized spacial score (nSPS) is 0. The summed E-state index contributed by atoms with van der Waals surface area (Å²) in [4.78, 5) is 0. The van der Waals surface area contributed by atoms with Gasteiger partial charge in [0.1, 0.15) is 0 Å². The number of hydrogen-bond donors (Lipinski definition) is 0. The molecule has 16 heteroatoms. The first-order valence-electron chi connectivity index (χ1n) is 0. The summed E-state index contributed by atoms with van der Waals surface area (Å²) in [6, 6.07) is 0. The molecular formula is Co7Gd9.